The number of aromatic nitrogens is 2. The van der Waals surface area contributed by atoms with Crippen LogP contribution in [0.25, 0.3) is 11.0 Å². The predicted molar refractivity (Wildman–Crippen MR) is 83.5 cm³/mol. The van der Waals surface area contributed by atoms with Crippen molar-refractivity contribution in [1.82, 2.24) is 15.0 Å². The SMILES string of the molecule is C/C(=N\NC(=O)Cn1cnc2ccccc21)c1ccc(C)o1. The van der Waals surface area contributed by atoms with E-state index in [4.69, 9.17) is 4.42 Å². The summed E-state index contributed by atoms with van der Waals surface area (Å²) in [6.07, 6.45) is 1.65. The van der Waals surface area contributed by atoms with Crippen LogP contribution in [-0.2, 0) is 11.3 Å². The first-order valence-electron chi connectivity index (χ1n) is 6.93. The van der Waals surface area contributed by atoms with E-state index in [-0.39, 0.29) is 12.5 Å². The van der Waals surface area contributed by atoms with Crippen LogP contribution < -0.4 is 5.43 Å². The summed E-state index contributed by atoms with van der Waals surface area (Å²) in [5.74, 6) is 1.23. The van der Waals surface area contributed by atoms with Crippen LogP contribution in [0.5, 0.6) is 0 Å². The highest BCUT2D eigenvalue weighted by molar-refractivity contribution is 5.96. The fourth-order valence-corrected chi connectivity index (χ4v) is 2.16. The van der Waals surface area contributed by atoms with Gasteiger partial charge >= 0.3 is 0 Å². The number of rotatable bonds is 4. The fourth-order valence-electron chi connectivity index (χ4n) is 2.16. The maximum absolute atomic E-state index is 12.0. The van der Waals surface area contributed by atoms with Crippen LogP contribution in [0.15, 0.2) is 52.2 Å². The number of para-hydroxylation sites is 2. The second-order valence-corrected chi connectivity index (χ2v) is 5.00. The minimum absolute atomic E-state index is 0.161. The molecule has 0 unspecified atom stereocenters. The summed E-state index contributed by atoms with van der Waals surface area (Å²) in [7, 11) is 0. The van der Waals surface area contributed by atoms with E-state index < -0.39 is 0 Å². The lowest BCUT2D eigenvalue weighted by molar-refractivity contribution is -0.121. The number of fused-ring (bicyclic) bond motifs is 1. The summed E-state index contributed by atoms with van der Waals surface area (Å²) in [4.78, 5) is 16.2. The molecule has 2 heterocycles. The van der Waals surface area contributed by atoms with E-state index in [2.05, 4.69) is 15.5 Å². The maximum atomic E-state index is 12.0. The topological polar surface area (TPSA) is 72.4 Å². The van der Waals surface area contributed by atoms with Crippen molar-refractivity contribution in [2.45, 2.75) is 20.4 Å². The second-order valence-electron chi connectivity index (χ2n) is 5.00. The van der Waals surface area contributed by atoms with Crippen molar-refractivity contribution in [1.29, 1.82) is 0 Å². The van der Waals surface area contributed by atoms with E-state index in [1.807, 2.05) is 43.3 Å². The minimum atomic E-state index is -0.217. The third kappa shape index (κ3) is 2.90. The van der Waals surface area contributed by atoms with Crippen LogP contribution in [0.2, 0.25) is 0 Å². The molecule has 0 aliphatic carbocycles. The van der Waals surface area contributed by atoms with E-state index >= 15 is 0 Å². The minimum Gasteiger partial charge on any atom is -0.460 e. The van der Waals surface area contributed by atoms with Crippen LogP contribution in [0.3, 0.4) is 0 Å². The molecule has 0 atom stereocenters. The highest BCUT2D eigenvalue weighted by Gasteiger charge is 2.07. The zero-order valence-corrected chi connectivity index (χ0v) is 12.4. The molecule has 112 valence electrons. The molecule has 0 fully saturated rings. The number of benzene rings is 1. The highest BCUT2D eigenvalue weighted by Crippen LogP contribution is 2.11. The zero-order chi connectivity index (χ0) is 15.5. The van der Waals surface area contributed by atoms with E-state index in [0.29, 0.717) is 11.5 Å². The molecule has 1 N–H and O–H groups in total. The van der Waals surface area contributed by atoms with Gasteiger partial charge in [-0.1, -0.05) is 12.1 Å². The lowest BCUT2D eigenvalue weighted by Gasteiger charge is -2.03. The largest absolute Gasteiger partial charge is 0.460 e. The third-order valence-electron chi connectivity index (χ3n) is 3.29. The van der Waals surface area contributed by atoms with Crippen LogP contribution in [0.1, 0.15) is 18.4 Å². The molecule has 1 aromatic carbocycles. The molecule has 6 nitrogen and oxygen atoms in total. The van der Waals surface area contributed by atoms with Gasteiger partial charge in [-0.15, -0.1) is 0 Å². The Kier molecular flexibility index (Phi) is 3.74. The summed E-state index contributed by atoms with van der Waals surface area (Å²) in [6.45, 7) is 3.80. The van der Waals surface area contributed by atoms with Crippen molar-refractivity contribution in [3.63, 3.8) is 0 Å². The number of hydrogen-bond acceptors (Lipinski definition) is 4. The van der Waals surface area contributed by atoms with Crippen LogP contribution in [-0.4, -0.2) is 21.2 Å². The Labute approximate surface area is 127 Å². The van der Waals surface area contributed by atoms with Gasteiger partial charge in [0, 0.05) is 0 Å². The summed E-state index contributed by atoms with van der Waals surface area (Å²) < 4.78 is 7.23. The average Bonchev–Trinajstić information content (AvgIpc) is 3.12. The molecular weight excluding hydrogens is 280 g/mol. The van der Waals surface area contributed by atoms with Gasteiger partial charge in [-0.3, -0.25) is 4.79 Å². The van der Waals surface area contributed by atoms with Gasteiger partial charge < -0.3 is 8.98 Å². The number of hydrazone groups is 1. The molecular formula is C16H16N4O2. The molecule has 0 saturated heterocycles. The van der Waals surface area contributed by atoms with Crippen molar-refractivity contribution >= 4 is 22.7 Å². The summed E-state index contributed by atoms with van der Waals surface area (Å²) >= 11 is 0. The number of amides is 1. The Morgan fingerprint density at radius 2 is 2.14 bits per heavy atom. The van der Waals surface area contributed by atoms with Crippen molar-refractivity contribution in [3.05, 3.63) is 54.2 Å². The van der Waals surface area contributed by atoms with Gasteiger partial charge in [0.2, 0.25) is 0 Å². The zero-order valence-electron chi connectivity index (χ0n) is 12.4. The molecule has 0 aliphatic heterocycles. The first kappa shape index (κ1) is 14.1. The number of carbonyl (C=O) groups is 1. The predicted octanol–water partition coefficient (Wildman–Crippen LogP) is 2.48. The number of nitrogens with zero attached hydrogens (tertiary/aromatic N) is 3. The normalized spacial score (nSPS) is 11.8. The van der Waals surface area contributed by atoms with E-state index in [0.717, 1.165) is 16.8 Å². The van der Waals surface area contributed by atoms with Crippen LogP contribution in [0.4, 0.5) is 0 Å². The average molecular weight is 296 g/mol. The van der Waals surface area contributed by atoms with Gasteiger partial charge in [0.05, 0.1) is 17.4 Å². The molecule has 2 aromatic heterocycles. The van der Waals surface area contributed by atoms with Crippen molar-refractivity contribution in [3.8, 4) is 0 Å². The number of nitrogens with one attached hydrogen (secondary N) is 1. The second kappa shape index (κ2) is 5.85. The van der Waals surface area contributed by atoms with Gasteiger partial charge in [-0.2, -0.15) is 5.10 Å². The Bertz CT molecular complexity index is 845. The molecule has 0 bridgehead atoms. The van der Waals surface area contributed by atoms with E-state index in [9.17, 15) is 4.79 Å². The Balaban J connectivity index is 1.68. The van der Waals surface area contributed by atoms with Crippen LogP contribution >= 0.6 is 0 Å². The molecule has 3 aromatic rings. The summed E-state index contributed by atoms with van der Waals surface area (Å²) in [5.41, 5.74) is 4.93. The Morgan fingerprint density at radius 3 is 2.91 bits per heavy atom. The molecule has 1 amide bonds. The van der Waals surface area contributed by atoms with Gasteiger partial charge in [-0.05, 0) is 38.1 Å². The van der Waals surface area contributed by atoms with E-state index in [1.54, 1.807) is 17.8 Å². The molecule has 22 heavy (non-hydrogen) atoms. The maximum Gasteiger partial charge on any atom is 0.260 e. The van der Waals surface area contributed by atoms with Crippen LogP contribution in [0, 0.1) is 6.92 Å². The highest BCUT2D eigenvalue weighted by atomic mass is 16.3. The standard InChI is InChI=1S/C16H16N4O2/c1-11-7-8-15(22-11)12(2)18-19-16(21)9-20-10-17-13-5-3-4-6-14(13)20/h3-8,10H,9H2,1-2H3,(H,19,21)/b18-12+. The summed E-state index contributed by atoms with van der Waals surface area (Å²) in [6, 6.07) is 11.3. The number of hydrogen-bond donors (Lipinski definition) is 1. The first-order chi connectivity index (χ1) is 10.6. The van der Waals surface area contributed by atoms with Crippen molar-refractivity contribution < 1.29 is 9.21 Å². The Hall–Kier alpha value is -2.89. The van der Waals surface area contributed by atoms with Gasteiger partial charge in [0.25, 0.3) is 5.91 Å². The number of aryl methyl sites for hydroxylation is 1. The molecule has 3 rings (SSSR count). The smallest absolute Gasteiger partial charge is 0.260 e. The van der Waals surface area contributed by atoms with Gasteiger partial charge in [0.15, 0.2) is 0 Å². The van der Waals surface area contributed by atoms with Gasteiger partial charge in [-0.25, -0.2) is 10.4 Å². The van der Waals surface area contributed by atoms with Crippen molar-refractivity contribution in [2.75, 3.05) is 0 Å². The third-order valence-corrected chi connectivity index (χ3v) is 3.29. The fraction of sp³-hybridized carbons (Fsp3) is 0.188. The number of furan rings is 1. The molecule has 0 spiro atoms. The van der Waals surface area contributed by atoms with E-state index in [1.165, 1.54) is 0 Å². The quantitative estimate of drug-likeness (QED) is 0.594. The number of imidazole rings is 1. The lowest BCUT2D eigenvalue weighted by atomic mass is 10.3. The van der Waals surface area contributed by atoms with Gasteiger partial charge in [0.1, 0.15) is 23.8 Å². The monoisotopic (exact) mass is 296 g/mol. The summed E-state index contributed by atoms with van der Waals surface area (Å²) in [5, 5.41) is 4.06. The Morgan fingerprint density at radius 1 is 1.32 bits per heavy atom. The molecule has 0 radical (unpaired) electrons. The lowest BCUT2D eigenvalue weighted by Crippen LogP contribution is -2.23. The first-order valence-corrected chi connectivity index (χ1v) is 6.93. The molecule has 6 heteroatoms. The van der Waals surface area contributed by atoms with Crippen molar-refractivity contribution in [2.24, 2.45) is 5.10 Å². The molecule has 0 saturated carbocycles. The molecule has 0 aliphatic rings. The number of carbonyl (C=O) groups excluding carboxylic acids is 1.